The van der Waals surface area contributed by atoms with E-state index in [-0.39, 0.29) is 23.7 Å². The normalized spacial score (nSPS) is 24.7. The fourth-order valence-electron chi connectivity index (χ4n) is 3.09. The van der Waals surface area contributed by atoms with Crippen molar-refractivity contribution in [3.8, 4) is 0 Å². The monoisotopic (exact) mass is 334 g/mol. The molecule has 0 radical (unpaired) electrons. The molecule has 130 valence electrons. The van der Waals surface area contributed by atoms with Gasteiger partial charge in [0.1, 0.15) is 5.54 Å². The molecule has 2 atom stereocenters. The van der Waals surface area contributed by atoms with Crippen molar-refractivity contribution in [3.05, 3.63) is 35.4 Å². The van der Waals surface area contributed by atoms with Crippen LogP contribution in [0, 0.1) is 5.41 Å². The summed E-state index contributed by atoms with van der Waals surface area (Å²) >= 11 is 0. The molecule has 0 saturated heterocycles. The summed E-state index contributed by atoms with van der Waals surface area (Å²) in [6, 6.07) is 5.74. The number of carboxylic acid groups (broad SMARTS) is 1. The lowest BCUT2D eigenvalue weighted by molar-refractivity contribution is -0.190. The third-order valence-electron chi connectivity index (χ3n) is 4.89. The van der Waals surface area contributed by atoms with Gasteiger partial charge in [-0.1, -0.05) is 13.8 Å². The number of nitrogens with one attached hydrogen (secondary N) is 1. The molecule has 1 fully saturated rings. The van der Waals surface area contributed by atoms with E-state index in [0.717, 1.165) is 0 Å². The second-order valence-electron chi connectivity index (χ2n) is 6.48. The molecule has 7 nitrogen and oxygen atoms in total. The van der Waals surface area contributed by atoms with Gasteiger partial charge in [-0.2, -0.15) is 0 Å². The highest BCUT2D eigenvalue weighted by molar-refractivity contribution is 6.00. The molecule has 1 aliphatic carbocycles. The quantitative estimate of drug-likeness (QED) is 0.721. The van der Waals surface area contributed by atoms with Gasteiger partial charge in [0.05, 0.1) is 6.10 Å². The Balaban J connectivity index is 2.21. The lowest BCUT2D eigenvalue weighted by Gasteiger charge is -2.58. The van der Waals surface area contributed by atoms with E-state index in [2.05, 4.69) is 5.32 Å². The van der Waals surface area contributed by atoms with E-state index in [1.54, 1.807) is 13.8 Å². The molecule has 7 heteroatoms. The molecule has 24 heavy (non-hydrogen) atoms. The van der Waals surface area contributed by atoms with Gasteiger partial charge in [0, 0.05) is 29.6 Å². The maximum absolute atomic E-state index is 12.5. The molecule has 0 aromatic heterocycles. The number of benzene rings is 1. The maximum atomic E-state index is 12.5. The molecule has 4 N–H and O–H groups in total. The number of carbonyl (C=O) groups is 3. The van der Waals surface area contributed by atoms with Crippen LogP contribution in [-0.4, -0.2) is 41.1 Å². The van der Waals surface area contributed by atoms with Crippen LogP contribution in [0.5, 0.6) is 0 Å². The lowest BCUT2D eigenvalue weighted by atomic mass is 9.54. The van der Waals surface area contributed by atoms with E-state index in [1.165, 1.54) is 24.3 Å². The summed E-state index contributed by atoms with van der Waals surface area (Å²) in [6.07, 6.45) is -0.0370. The molecule has 0 aliphatic heterocycles. The molecule has 1 saturated carbocycles. The van der Waals surface area contributed by atoms with Crippen molar-refractivity contribution < 1.29 is 24.2 Å². The Kier molecular flexibility index (Phi) is 4.66. The van der Waals surface area contributed by atoms with Crippen LogP contribution in [-0.2, 0) is 9.53 Å². The molecule has 1 aromatic rings. The van der Waals surface area contributed by atoms with Gasteiger partial charge < -0.3 is 20.9 Å². The summed E-state index contributed by atoms with van der Waals surface area (Å²) < 4.78 is 5.56. The predicted octanol–water partition coefficient (Wildman–Crippen LogP) is 1.17. The maximum Gasteiger partial charge on any atom is 0.330 e. The van der Waals surface area contributed by atoms with Crippen molar-refractivity contribution >= 4 is 17.8 Å². The summed E-state index contributed by atoms with van der Waals surface area (Å²) in [5.74, 6) is -2.20. The number of carbonyl (C=O) groups excluding carboxylic acids is 2. The number of ether oxygens (including phenoxy) is 1. The van der Waals surface area contributed by atoms with Gasteiger partial charge in [-0.05, 0) is 31.2 Å². The summed E-state index contributed by atoms with van der Waals surface area (Å²) in [6.45, 7) is 5.85. The summed E-state index contributed by atoms with van der Waals surface area (Å²) in [4.78, 5) is 35.4. The highest BCUT2D eigenvalue weighted by Crippen LogP contribution is 2.51. The average Bonchev–Trinajstić information content (AvgIpc) is 2.53. The fraction of sp³-hybridized carbons (Fsp3) is 0.471. The predicted molar refractivity (Wildman–Crippen MR) is 86.6 cm³/mol. The van der Waals surface area contributed by atoms with Crippen LogP contribution < -0.4 is 11.1 Å². The van der Waals surface area contributed by atoms with Crippen LogP contribution in [0.3, 0.4) is 0 Å². The second kappa shape index (κ2) is 6.24. The minimum absolute atomic E-state index is 0.203. The van der Waals surface area contributed by atoms with E-state index in [4.69, 9.17) is 10.5 Å². The van der Waals surface area contributed by atoms with E-state index in [9.17, 15) is 19.5 Å². The minimum Gasteiger partial charge on any atom is -0.479 e. The third kappa shape index (κ3) is 2.75. The van der Waals surface area contributed by atoms with Crippen molar-refractivity contribution in [2.24, 2.45) is 11.1 Å². The first-order valence-electron chi connectivity index (χ1n) is 7.73. The van der Waals surface area contributed by atoms with E-state index in [1.807, 2.05) is 6.92 Å². The molecule has 0 heterocycles. The molecule has 2 rings (SSSR count). The number of amides is 2. The van der Waals surface area contributed by atoms with Gasteiger partial charge in [0.15, 0.2) is 0 Å². The number of rotatable bonds is 6. The zero-order valence-electron chi connectivity index (χ0n) is 14.0. The standard InChI is InChI=1S/C17H22N2O5/c1-4-24-12-9-17(15(22)23,16(12,2)3)19-14(21)11-7-5-10(6-8-11)13(18)20/h5-8,12H,4,9H2,1-3H3,(H2,18,20)(H,19,21)(H,22,23). The van der Waals surface area contributed by atoms with Crippen LogP contribution in [0.15, 0.2) is 24.3 Å². The molecule has 1 aromatic carbocycles. The SMILES string of the molecule is CCOC1CC(NC(=O)c2ccc(C(N)=O)cc2)(C(=O)O)C1(C)C. The first-order chi connectivity index (χ1) is 11.2. The van der Waals surface area contributed by atoms with Crippen LogP contribution in [0.25, 0.3) is 0 Å². The van der Waals surface area contributed by atoms with Crippen molar-refractivity contribution in [3.63, 3.8) is 0 Å². The second-order valence-corrected chi connectivity index (χ2v) is 6.48. The molecular weight excluding hydrogens is 312 g/mol. The van der Waals surface area contributed by atoms with Gasteiger partial charge in [-0.15, -0.1) is 0 Å². The van der Waals surface area contributed by atoms with E-state index in [0.29, 0.717) is 6.61 Å². The molecule has 0 spiro atoms. The van der Waals surface area contributed by atoms with Crippen molar-refractivity contribution in [2.45, 2.75) is 38.8 Å². The fourth-order valence-corrected chi connectivity index (χ4v) is 3.09. The number of hydrogen-bond acceptors (Lipinski definition) is 4. The highest BCUT2D eigenvalue weighted by atomic mass is 16.5. The Morgan fingerprint density at radius 1 is 1.25 bits per heavy atom. The number of nitrogens with two attached hydrogens (primary N) is 1. The van der Waals surface area contributed by atoms with Gasteiger partial charge in [0.2, 0.25) is 5.91 Å². The smallest absolute Gasteiger partial charge is 0.330 e. The molecular formula is C17H22N2O5. The van der Waals surface area contributed by atoms with Crippen molar-refractivity contribution in [1.82, 2.24) is 5.32 Å². The van der Waals surface area contributed by atoms with Crippen molar-refractivity contribution in [1.29, 1.82) is 0 Å². The van der Waals surface area contributed by atoms with Gasteiger partial charge in [-0.3, -0.25) is 9.59 Å². The topological polar surface area (TPSA) is 119 Å². The molecule has 0 bridgehead atoms. The number of hydrogen-bond donors (Lipinski definition) is 3. The van der Waals surface area contributed by atoms with Crippen LogP contribution in [0.2, 0.25) is 0 Å². The molecule has 2 unspecified atom stereocenters. The van der Waals surface area contributed by atoms with Gasteiger partial charge >= 0.3 is 5.97 Å². The zero-order chi connectivity index (χ0) is 18.1. The largest absolute Gasteiger partial charge is 0.479 e. The van der Waals surface area contributed by atoms with E-state index >= 15 is 0 Å². The Labute approximate surface area is 140 Å². The Morgan fingerprint density at radius 2 is 1.79 bits per heavy atom. The van der Waals surface area contributed by atoms with Crippen LogP contribution >= 0.6 is 0 Å². The van der Waals surface area contributed by atoms with Gasteiger partial charge in [-0.25, -0.2) is 4.79 Å². The Morgan fingerprint density at radius 3 is 2.21 bits per heavy atom. The Hall–Kier alpha value is -2.41. The van der Waals surface area contributed by atoms with Crippen molar-refractivity contribution in [2.75, 3.05) is 6.61 Å². The number of aliphatic carboxylic acids is 1. The zero-order valence-corrected chi connectivity index (χ0v) is 14.0. The Bertz CT molecular complexity index is 668. The average molecular weight is 334 g/mol. The van der Waals surface area contributed by atoms with Gasteiger partial charge in [0.25, 0.3) is 5.91 Å². The summed E-state index contributed by atoms with van der Waals surface area (Å²) in [5, 5.41) is 12.3. The number of primary amides is 1. The molecule has 2 amide bonds. The van der Waals surface area contributed by atoms with Crippen LogP contribution in [0.4, 0.5) is 0 Å². The lowest BCUT2D eigenvalue weighted by Crippen LogP contribution is -2.76. The molecule has 1 aliphatic rings. The number of carboxylic acids is 1. The van der Waals surface area contributed by atoms with Crippen LogP contribution in [0.1, 0.15) is 47.9 Å². The summed E-state index contributed by atoms with van der Waals surface area (Å²) in [5.41, 5.74) is 3.55. The summed E-state index contributed by atoms with van der Waals surface area (Å²) in [7, 11) is 0. The van der Waals surface area contributed by atoms with E-state index < -0.39 is 28.7 Å². The highest BCUT2D eigenvalue weighted by Gasteiger charge is 2.66. The first-order valence-corrected chi connectivity index (χ1v) is 7.73. The third-order valence-corrected chi connectivity index (χ3v) is 4.89. The first kappa shape index (κ1) is 17.9. The minimum atomic E-state index is -1.40.